The van der Waals surface area contributed by atoms with Gasteiger partial charge in [0.1, 0.15) is 5.75 Å². The lowest BCUT2D eigenvalue weighted by Crippen LogP contribution is -2.02. The van der Waals surface area contributed by atoms with Crippen LogP contribution >= 0.6 is 0 Å². The van der Waals surface area contributed by atoms with E-state index in [0.29, 0.717) is 24.9 Å². The largest absolute Gasteiger partial charge is 0.494 e. The fourth-order valence-electron chi connectivity index (χ4n) is 2.10. The molecule has 0 spiro atoms. The van der Waals surface area contributed by atoms with E-state index in [2.05, 4.69) is 16.7 Å². The van der Waals surface area contributed by atoms with Crippen molar-refractivity contribution in [2.24, 2.45) is 0 Å². The Morgan fingerprint density at radius 1 is 1.17 bits per heavy atom. The number of hydrogen-bond donors (Lipinski definition) is 0. The van der Waals surface area contributed by atoms with Gasteiger partial charge >= 0.3 is 5.97 Å². The Kier molecular flexibility index (Phi) is 7.01. The quantitative estimate of drug-likeness (QED) is 0.375. The third-order valence-corrected chi connectivity index (χ3v) is 3.36. The van der Waals surface area contributed by atoms with E-state index in [-0.39, 0.29) is 5.97 Å². The molecule has 1 heterocycles. The van der Waals surface area contributed by atoms with Crippen LogP contribution in [0.3, 0.4) is 0 Å². The maximum atomic E-state index is 10.8. The van der Waals surface area contributed by atoms with Gasteiger partial charge < -0.3 is 14.0 Å². The second-order valence-corrected chi connectivity index (χ2v) is 5.30. The summed E-state index contributed by atoms with van der Waals surface area (Å²) in [7, 11) is 0. The Bertz CT molecular complexity index is 649. The number of aromatic nitrogens is 2. The van der Waals surface area contributed by atoms with E-state index in [1.165, 1.54) is 6.08 Å². The van der Waals surface area contributed by atoms with Crippen LogP contribution in [0.25, 0.3) is 11.4 Å². The lowest BCUT2D eigenvalue weighted by molar-refractivity contribution is -0.137. The molecular weight excluding hydrogens is 308 g/mol. The minimum absolute atomic E-state index is 0.363. The molecule has 0 unspecified atom stereocenters. The van der Waals surface area contributed by atoms with Crippen molar-refractivity contribution >= 4 is 5.97 Å². The molecule has 0 bridgehead atoms. The second kappa shape index (κ2) is 9.50. The molecule has 0 fully saturated rings. The minimum Gasteiger partial charge on any atom is -0.494 e. The topological polar surface area (TPSA) is 74.5 Å². The number of carbonyl (C=O) groups excluding carboxylic acids is 1. The van der Waals surface area contributed by atoms with Gasteiger partial charge in [-0.05, 0) is 49.9 Å². The first-order valence-electron chi connectivity index (χ1n) is 8.02. The van der Waals surface area contributed by atoms with Crippen molar-refractivity contribution in [3.63, 3.8) is 0 Å². The van der Waals surface area contributed by atoms with Crippen LogP contribution in [0.5, 0.6) is 5.75 Å². The molecular formula is C18H22N2O4. The van der Waals surface area contributed by atoms with E-state index in [1.54, 1.807) is 6.92 Å². The third-order valence-electron chi connectivity index (χ3n) is 3.36. The molecule has 128 valence electrons. The second-order valence-electron chi connectivity index (χ2n) is 5.30. The third kappa shape index (κ3) is 5.87. The molecule has 1 aromatic carbocycles. The summed E-state index contributed by atoms with van der Waals surface area (Å²) < 4.78 is 15.6. The highest BCUT2D eigenvalue weighted by molar-refractivity contribution is 5.81. The summed E-state index contributed by atoms with van der Waals surface area (Å²) in [5.74, 6) is 1.58. The average Bonchev–Trinajstić information content (AvgIpc) is 3.04. The molecule has 0 aliphatic rings. The number of rotatable bonds is 10. The van der Waals surface area contributed by atoms with E-state index in [9.17, 15) is 4.79 Å². The van der Waals surface area contributed by atoms with Gasteiger partial charge in [-0.15, -0.1) is 0 Å². The zero-order valence-corrected chi connectivity index (χ0v) is 13.9. The summed E-state index contributed by atoms with van der Waals surface area (Å²) in [5, 5.41) is 3.88. The molecule has 6 nitrogen and oxygen atoms in total. The van der Waals surface area contributed by atoms with Crippen LogP contribution in [0.15, 0.2) is 41.4 Å². The van der Waals surface area contributed by atoms with Crippen LogP contribution < -0.4 is 4.74 Å². The smallest absolute Gasteiger partial charge is 0.330 e. The fourth-order valence-corrected chi connectivity index (χ4v) is 2.10. The molecule has 2 aromatic rings. The molecule has 24 heavy (non-hydrogen) atoms. The van der Waals surface area contributed by atoms with Crippen LogP contribution in [-0.4, -0.2) is 29.3 Å². The highest BCUT2D eigenvalue weighted by Crippen LogP contribution is 2.20. The number of carbonyl (C=O) groups is 1. The Morgan fingerprint density at radius 2 is 1.88 bits per heavy atom. The molecule has 0 amide bonds. The molecule has 0 saturated carbocycles. The molecule has 0 radical (unpaired) electrons. The Balaban J connectivity index is 1.59. The van der Waals surface area contributed by atoms with Crippen LogP contribution in [0.1, 0.15) is 31.6 Å². The lowest BCUT2D eigenvalue weighted by atomic mass is 10.2. The van der Waals surface area contributed by atoms with Gasteiger partial charge in [0, 0.05) is 18.6 Å². The fraction of sp³-hybridized carbons (Fsp3) is 0.389. The van der Waals surface area contributed by atoms with Crippen molar-refractivity contribution in [1.82, 2.24) is 10.1 Å². The van der Waals surface area contributed by atoms with E-state index in [1.807, 2.05) is 24.3 Å². The van der Waals surface area contributed by atoms with Gasteiger partial charge in [-0.3, -0.25) is 0 Å². The Hall–Kier alpha value is -2.63. The summed E-state index contributed by atoms with van der Waals surface area (Å²) in [6.07, 6.45) is 5.04. The maximum Gasteiger partial charge on any atom is 0.330 e. The Morgan fingerprint density at radius 3 is 2.50 bits per heavy atom. The van der Waals surface area contributed by atoms with Gasteiger partial charge in [-0.2, -0.15) is 4.98 Å². The predicted molar refractivity (Wildman–Crippen MR) is 89.6 cm³/mol. The normalized spacial score (nSPS) is 10.4. The summed E-state index contributed by atoms with van der Waals surface area (Å²) in [4.78, 5) is 15.0. The number of unbranched alkanes of at least 4 members (excludes halogenated alkanes) is 3. The first-order chi connectivity index (χ1) is 11.7. The number of ether oxygens (including phenoxy) is 2. The number of aryl methyl sites for hydroxylation is 1. The van der Waals surface area contributed by atoms with E-state index < -0.39 is 0 Å². The highest BCUT2D eigenvalue weighted by Gasteiger charge is 2.05. The zero-order chi connectivity index (χ0) is 17.2. The van der Waals surface area contributed by atoms with E-state index in [0.717, 1.165) is 37.0 Å². The highest BCUT2D eigenvalue weighted by atomic mass is 16.5. The standard InChI is InChI=1S/C18H22N2O4/c1-3-17(21)23-13-7-5-4-6-12-22-16-10-8-15(9-11-16)18-19-14(2)24-20-18/h3,8-11H,1,4-7,12-13H2,2H3. The summed E-state index contributed by atoms with van der Waals surface area (Å²) in [6.45, 7) is 6.22. The minimum atomic E-state index is -0.363. The monoisotopic (exact) mass is 330 g/mol. The van der Waals surface area contributed by atoms with Crippen molar-refractivity contribution < 1.29 is 18.8 Å². The van der Waals surface area contributed by atoms with E-state index in [4.69, 9.17) is 14.0 Å². The summed E-state index contributed by atoms with van der Waals surface area (Å²) >= 11 is 0. The molecule has 0 aliphatic heterocycles. The average molecular weight is 330 g/mol. The van der Waals surface area contributed by atoms with Crippen molar-refractivity contribution in [2.75, 3.05) is 13.2 Å². The maximum absolute atomic E-state index is 10.8. The zero-order valence-electron chi connectivity index (χ0n) is 13.9. The van der Waals surface area contributed by atoms with Crippen molar-refractivity contribution in [2.45, 2.75) is 32.6 Å². The van der Waals surface area contributed by atoms with Gasteiger partial charge in [-0.1, -0.05) is 11.7 Å². The predicted octanol–water partition coefficient (Wildman–Crippen LogP) is 3.71. The molecule has 2 rings (SSSR count). The Labute approximate surface area is 141 Å². The van der Waals surface area contributed by atoms with Gasteiger partial charge in [0.05, 0.1) is 13.2 Å². The molecule has 0 atom stereocenters. The first-order valence-corrected chi connectivity index (χ1v) is 8.02. The number of nitrogens with zero attached hydrogens (tertiary/aromatic N) is 2. The lowest BCUT2D eigenvalue weighted by Gasteiger charge is -2.06. The van der Waals surface area contributed by atoms with Crippen molar-refractivity contribution in [1.29, 1.82) is 0 Å². The molecule has 0 N–H and O–H groups in total. The number of esters is 1. The number of benzene rings is 1. The van der Waals surface area contributed by atoms with Crippen LogP contribution in [0.2, 0.25) is 0 Å². The van der Waals surface area contributed by atoms with E-state index >= 15 is 0 Å². The SMILES string of the molecule is C=CC(=O)OCCCCCCOc1ccc(-c2noc(C)n2)cc1. The molecule has 6 heteroatoms. The van der Waals surface area contributed by atoms with Crippen LogP contribution in [0, 0.1) is 6.92 Å². The molecule has 0 saturated heterocycles. The van der Waals surface area contributed by atoms with Gasteiger partial charge in [0.15, 0.2) is 0 Å². The summed E-state index contributed by atoms with van der Waals surface area (Å²) in [6, 6.07) is 7.62. The summed E-state index contributed by atoms with van der Waals surface area (Å²) in [5.41, 5.74) is 0.897. The van der Waals surface area contributed by atoms with Gasteiger partial charge in [0.25, 0.3) is 0 Å². The molecule has 0 aliphatic carbocycles. The van der Waals surface area contributed by atoms with Gasteiger partial charge in [-0.25, -0.2) is 4.79 Å². The van der Waals surface area contributed by atoms with Gasteiger partial charge in [0.2, 0.25) is 11.7 Å². The molecule has 1 aromatic heterocycles. The van der Waals surface area contributed by atoms with Crippen LogP contribution in [-0.2, 0) is 9.53 Å². The van der Waals surface area contributed by atoms with Crippen molar-refractivity contribution in [3.05, 3.63) is 42.8 Å². The van der Waals surface area contributed by atoms with Crippen LogP contribution in [0.4, 0.5) is 0 Å². The first kappa shape index (κ1) is 17.7. The van der Waals surface area contributed by atoms with Crippen molar-refractivity contribution in [3.8, 4) is 17.1 Å². The number of hydrogen-bond acceptors (Lipinski definition) is 6.